The molecule has 2 heterocycles. The van der Waals surface area contributed by atoms with Gasteiger partial charge in [-0.2, -0.15) is 5.26 Å². The highest BCUT2D eigenvalue weighted by atomic mass is 16.5. The van der Waals surface area contributed by atoms with Crippen molar-refractivity contribution >= 4 is 5.82 Å². The van der Waals surface area contributed by atoms with Crippen molar-refractivity contribution in [2.24, 2.45) is 0 Å². The standard InChI is InChI=1S/C13H15N3O/c14-10-12-2-1-6-15-13(12)16-7-3-11-4-8-17-9-5-11/h1-2,4,6H,3,5,7-9H2,(H,15,16). The van der Waals surface area contributed by atoms with Crippen LogP contribution in [-0.2, 0) is 4.74 Å². The van der Waals surface area contributed by atoms with E-state index in [1.807, 2.05) is 0 Å². The Hall–Kier alpha value is -1.86. The zero-order valence-electron chi connectivity index (χ0n) is 9.65. The fourth-order valence-electron chi connectivity index (χ4n) is 1.77. The van der Waals surface area contributed by atoms with Gasteiger partial charge in [0.2, 0.25) is 0 Å². The summed E-state index contributed by atoms with van der Waals surface area (Å²) < 4.78 is 5.25. The lowest BCUT2D eigenvalue weighted by atomic mass is 10.1. The molecule has 0 atom stereocenters. The third-order valence-electron chi connectivity index (χ3n) is 2.72. The molecule has 4 heteroatoms. The third kappa shape index (κ3) is 3.30. The molecule has 1 aromatic heterocycles. The van der Waals surface area contributed by atoms with Crippen LogP contribution in [0.25, 0.3) is 0 Å². The zero-order valence-corrected chi connectivity index (χ0v) is 9.65. The first-order valence-corrected chi connectivity index (χ1v) is 5.75. The average Bonchev–Trinajstić information content (AvgIpc) is 2.40. The van der Waals surface area contributed by atoms with Gasteiger partial charge in [-0.05, 0) is 25.0 Å². The minimum Gasteiger partial charge on any atom is -0.377 e. The number of rotatable bonds is 4. The summed E-state index contributed by atoms with van der Waals surface area (Å²) in [5.41, 5.74) is 2.01. The highest BCUT2D eigenvalue weighted by Gasteiger charge is 2.05. The molecule has 0 fully saturated rings. The largest absolute Gasteiger partial charge is 0.377 e. The van der Waals surface area contributed by atoms with E-state index in [0.29, 0.717) is 11.4 Å². The second-order valence-electron chi connectivity index (χ2n) is 3.88. The summed E-state index contributed by atoms with van der Waals surface area (Å²) in [6.07, 6.45) is 5.81. The Balaban J connectivity index is 1.86. The Kier molecular flexibility index (Phi) is 4.11. The Morgan fingerprint density at radius 1 is 1.53 bits per heavy atom. The minimum atomic E-state index is 0.591. The van der Waals surface area contributed by atoms with Gasteiger partial charge in [0.1, 0.15) is 11.9 Å². The molecule has 4 nitrogen and oxygen atoms in total. The monoisotopic (exact) mass is 229 g/mol. The maximum absolute atomic E-state index is 8.91. The molecule has 88 valence electrons. The Bertz CT molecular complexity index is 448. The Labute approximate surface area is 101 Å². The number of nitrogens with one attached hydrogen (secondary N) is 1. The van der Waals surface area contributed by atoms with Crippen molar-refractivity contribution in [3.8, 4) is 6.07 Å². The van der Waals surface area contributed by atoms with Crippen LogP contribution in [0.15, 0.2) is 30.0 Å². The summed E-state index contributed by atoms with van der Waals surface area (Å²) in [6, 6.07) is 5.66. The van der Waals surface area contributed by atoms with E-state index in [1.54, 1.807) is 18.3 Å². The Morgan fingerprint density at radius 2 is 2.47 bits per heavy atom. The molecule has 1 N–H and O–H groups in total. The first-order valence-electron chi connectivity index (χ1n) is 5.75. The predicted molar refractivity (Wildman–Crippen MR) is 65.6 cm³/mol. The molecule has 0 spiro atoms. The molecule has 0 saturated heterocycles. The van der Waals surface area contributed by atoms with E-state index in [-0.39, 0.29) is 0 Å². The van der Waals surface area contributed by atoms with Crippen LogP contribution in [0.1, 0.15) is 18.4 Å². The van der Waals surface area contributed by atoms with Crippen LogP contribution in [0.4, 0.5) is 5.82 Å². The molecular formula is C13H15N3O. The first-order chi connectivity index (χ1) is 8.40. The summed E-state index contributed by atoms with van der Waals surface area (Å²) in [5, 5.41) is 12.1. The summed E-state index contributed by atoms with van der Waals surface area (Å²) in [7, 11) is 0. The first kappa shape index (κ1) is 11.6. The van der Waals surface area contributed by atoms with Crippen molar-refractivity contribution in [1.29, 1.82) is 5.26 Å². The molecule has 2 rings (SSSR count). The van der Waals surface area contributed by atoms with E-state index in [2.05, 4.69) is 22.4 Å². The van der Waals surface area contributed by atoms with Crippen LogP contribution in [0, 0.1) is 11.3 Å². The number of ether oxygens (including phenoxy) is 1. The van der Waals surface area contributed by atoms with Gasteiger partial charge in [-0.3, -0.25) is 0 Å². The number of hydrogen-bond donors (Lipinski definition) is 1. The molecule has 0 amide bonds. The SMILES string of the molecule is N#Cc1cccnc1NCCC1=CCOCC1. The fraction of sp³-hybridized carbons (Fsp3) is 0.385. The van der Waals surface area contributed by atoms with Crippen molar-refractivity contribution in [2.75, 3.05) is 25.1 Å². The topological polar surface area (TPSA) is 57.9 Å². The minimum absolute atomic E-state index is 0.591. The average molecular weight is 229 g/mol. The maximum atomic E-state index is 8.91. The van der Waals surface area contributed by atoms with E-state index in [4.69, 9.17) is 10.00 Å². The zero-order chi connectivity index (χ0) is 11.9. The third-order valence-corrected chi connectivity index (χ3v) is 2.72. The van der Waals surface area contributed by atoms with Crippen LogP contribution in [-0.4, -0.2) is 24.7 Å². The van der Waals surface area contributed by atoms with Crippen molar-refractivity contribution in [2.45, 2.75) is 12.8 Å². The molecule has 1 aliphatic heterocycles. The van der Waals surface area contributed by atoms with E-state index >= 15 is 0 Å². The van der Waals surface area contributed by atoms with E-state index in [0.717, 1.165) is 32.6 Å². The number of nitrogens with zero attached hydrogens (tertiary/aromatic N) is 2. The van der Waals surface area contributed by atoms with Crippen molar-refractivity contribution < 1.29 is 4.74 Å². The number of anilines is 1. The smallest absolute Gasteiger partial charge is 0.143 e. The number of nitriles is 1. The summed E-state index contributed by atoms with van der Waals surface area (Å²) in [5.74, 6) is 0.669. The van der Waals surface area contributed by atoms with E-state index in [1.165, 1.54) is 5.57 Å². The lowest BCUT2D eigenvalue weighted by Crippen LogP contribution is -2.10. The van der Waals surface area contributed by atoms with Crippen LogP contribution in [0.3, 0.4) is 0 Å². The molecule has 0 unspecified atom stereocenters. The van der Waals surface area contributed by atoms with Crippen LogP contribution in [0.2, 0.25) is 0 Å². The van der Waals surface area contributed by atoms with E-state index in [9.17, 15) is 0 Å². The van der Waals surface area contributed by atoms with Gasteiger partial charge < -0.3 is 10.1 Å². The summed E-state index contributed by atoms with van der Waals surface area (Å²) in [4.78, 5) is 4.15. The number of hydrogen-bond acceptors (Lipinski definition) is 4. The van der Waals surface area contributed by atoms with Crippen LogP contribution < -0.4 is 5.32 Å². The highest BCUT2D eigenvalue weighted by molar-refractivity contribution is 5.51. The quantitative estimate of drug-likeness (QED) is 0.803. The number of aromatic nitrogens is 1. The molecule has 0 aromatic carbocycles. The van der Waals surface area contributed by atoms with E-state index < -0.39 is 0 Å². The van der Waals surface area contributed by atoms with Gasteiger partial charge in [-0.15, -0.1) is 0 Å². The van der Waals surface area contributed by atoms with Crippen molar-refractivity contribution in [3.63, 3.8) is 0 Å². The van der Waals surface area contributed by atoms with Gasteiger partial charge >= 0.3 is 0 Å². The molecular weight excluding hydrogens is 214 g/mol. The summed E-state index contributed by atoms with van der Waals surface area (Å²) in [6.45, 7) is 2.35. The maximum Gasteiger partial charge on any atom is 0.143 e. The van der Waals surface area contributed by atoms with Gasteiger partial charge in [-0.25, -0.2) is 4.98 Å². The highest BCUT2D eigenvalue weighted by Crippen LogP contribution is 2.13. The lowest BCUT2D eigenvalue weighted by Gasteiger charge is -2.14. The van der Waals surface area contributed by atoms with Gasteiger partial charge in [-0.1, -0.05) is 11.6 Å². The number of pyridine rings is 1. The fourth-order valence-corrected chi connectivity index (χ4v) is 1.77. The molecule has 0 bridgehead atoms. The summed E-state index contributed by atoms with van der Waals surface area (Å²) >= 11 is 0. The second-order valence-corrected chi connectivity index (χ2v) is 3.88. The molecule has 0 saturated carbocycles. The Morgan fingerprint density at radius 3 is 3.24 bits per heavy atom. The second kappa shape index (κ2) is 6.02. The lowest BCUT2D eigenvalue weighted by molar-refractivity contribution is 0.153. The molecule has 1 aromatic rings. The van der Waals surface area contributed by atoms with Gasteiger partial charge in [0.15, 0.2) is 0 Å². The van der Waals surface area contributed by atoms with Gasteiger partial charge in [0, 0.05) is 12.7 Å². The molecule has 0 radical (unpaired) electrons. The van der Waals surface area contributed by atoms with Crippen molar-refractivity contribution in [1.82, 2.24) is 4.98 Å². The van der Waals surface area contributed by atoms with Gasteiger partial charge in [0.25, 0.3) is 0 Å². The predicted octanol–water partition coefficient (Wildman–Crippen LogP) is 2.10. The van der Waals surface area contributed by atoms with Gasteiger partial charge in [0.05, 0.1) is 18.8 Å². The molecule has 1 aliphatic rings. The molecule has 0 aliphatic carbocycles. The van der Waals surface area contributed by atoms with Crippen LogP contribution in [0.5, 0.6) is 0 Å². The molecule has 17 heavy (non-hydrogen) atoms. The van der Waals surface area contributed by atoms with Crippen LogP contribution >= 0.6 is 0 Å². The normalized spacial score (nSPS) is 14.9. The van der Waals surface area contributed by atoms with Crippen molar-refractivity contribution in [3.05, 3.63) is 35.5 Å².